The fourth-order valence-corrected chi connectivity index (χ4v) is 2.26. The van der Waals surface area contributed by atoms with E-state index in [1.165, 1.54) is 25.9 Å². The molecule has 4 heteroatoms. The molecule has 0 saturated carbocycles. The maximum atomic E-state index is 5.20. The summed E-state index contributed by atoms with van der Waals surface area (Å²) < 4.78 is 0. The minimum atomic E-state index is 0.696. The van der Waals surface area contributed by atoms with E-state index in [-0.39, 0.29) is 0 Å². The smallest absolute Gasteiger partial charge is 0.129 e. The van der Waals surface area contributed by atoms with Gasteiger partial charge in [0.1, 0.15) is 6.61 Å². The Balaban J connectivity index is 1.58. The molecule has 0 bridgehead atoms. The standard InChI is InChI=1S/C11H16N2OS/c1-2-6-13(5-1)7-8-14-12-10-11-4-3-9-15-11/h3-4,9-10H,1-2,5-8H2/b12-10+. The molecule has 0 N–H and O–H groups in total. The fourth-order valence-electron chi connectivity index (χ4n) is 1.68. The van der Waals surface area contributed by atoms with E-state index in [9.17, 15) is 0 Å². The number of likely N-dealkylation sites (tertiary alicyclic amines) is 1. The molecular formula is C11H16N2OS. The van der Waals surface area contributed by atoms with Crippen LogP contribution in [0.15, 0.2) is 22.7 Å². The number of hydrogen-bond donors (Lipinski definition) is 0. The molecule has 0 unspecified atom stereocenters. The summed E-state index contributed by atoms with van der Waals surface area (Å²) in [6, 6.07) is 4.04. The first kappa shape index (κ1) is 10.6. The van der Waals surface area contributed by atoms with Gasteiger partial charge in [0.15, 0.2) is 0 Å². The lowest BCUT2D eigenvalue weighted by atomic mass is 10.4. The molecular weight excluding hydrogens is 208 g/mol. The van der Waals surface area contributed by atoms with Crippen LogP contribution in [0.3, 0.4) is 0 Å². The van der Waals surface area contributed by atoms with Crippen LogP contribution in [0.2, 0.25) is 0 Å². The van der Waals surface area contributed by atoms with E-state index in [2.05, 4.69) is 10.1 Å². The predicted octanol–water partition coefficient (Wildman–Crippen LogP) is 2.19. The molecule has 1 aromatic rings. The number of thiophene rings is 1. The van der Waals surface area contributed by atoms with Crippen LogP contribution in [-0.4, -0.2) is 37.4 Å². The number of nitrogens with zero attached hydrogens (tertiary/aromatic N) is 2. The lowest BCUT2D eigenvalue weighted by Gasteiger charge is -2.12. The van der Waals surface area contributed by atoms with Crippen LogP contribution >= 0.6 is 11.3 Å². The second-order valence-corrected chi connectivity index (χ2v) is 4.61. The van der Waals surface area contributed by atoms with E-state index in [0.717, 1.165) is 11.4 Å². The summed E-state index contributed by atoms with van der Waals surface area (Å²) >= 11 is 1.67. The van der Waals surface area contributed by atoms with Gasteiger partial charge >= 0.3 is 0 Å². The Morgan fingerprint density at radius 1 is 1.47 bits per heavy atom. The summed E-state index contributed by atoms with van der Waals surface area (Å²) in [5.41, 5.74) is 0. The summed E-state index contributed by atoms with van der Waals surface area (Å²) in [6.45, 7) is 4.14. The van der Waals surface area contributed by atoms with Crippen molar-refractivity contribution < 1.29 is 4.84 Å². The average Bonchev–Trinajstić information content (AvgIpc) is 2.88. The Hall–Kier alpha value is -0.870. The molecule has 0 aliphatic carbocycles. The van der Waals surface area contributed by atoms with Gasteiger partial charge in [-0.25, -0.2) is 0 Å². The maximum absolute atomic E-state index is 5.20. The minimum absolute atomic E-state index is 0.696. The van der Waals surface area contributed by atoms with Gasteiger partial charge in [0.2, 0.25) is 0 Å². The highest BCUT2D eigenvalue weighted by Crippen LogP contribution is 2.06. The molecule has 0 radical (unpaired) electrons. The molecule has 0 spiro atoms. The van der Waals surface area contributed by atoms with Crippen LogP contribution in [0, 0.1) is 0 Å². The molecule has 3 nitrogen and oxygen atoms in total. The molecule has 1 saturated heterocycles. The first-order chi connectivity index (χ1) is 7.45. The molecule has 0 amide bonds. The van der Waals surface area contributed by atoms with Crippen molar-refractivity contribution in [3.05, 3.63) is 22.4 Å². The zero-order chi connectivity index (χ0) is 10.3. The van der Waals surface area contributed by atoms with Crippen LogP contribution in [-0.2, 0) is 4.84 Å². The van der Waals surface area contributed by atoms with Gasteiger partial charge in [0.05, 0.1) is 6.21 Å². The van der Waals surface area contributed by atoms with E-state index >= 15 is 0 Å². The predicted molar refractivity (Wildman–Crippen MR) is 63.5 cm³/mol. The van der Waals surface area contributed by atoms with Crippen molar-refractivity contribution in [2.24, 2.45) is 5.16 Å². The Morgan fingerprint density at radius 2 is 2.33 bits per heavy atom. The highest BCUT2D eigenvalue weighted by molar-refractivity contribution is 7.11. The van der Waals surface area contributed by atoms with Gasteiger partial charge in [0, 0.05) is 11.4 Å². The number of oxime groups is 1. The average molecular weight is 224 g/mol. The highest BCUT2D eigenvalue weighted by Gasteiger charge is 2.10. The largest absolute Gasteiger partial charge is 0.394 e. The molecule has 1 fully saturated rings. The quantitative estimate of drug-likeness (QED) is 0.435. The lowest BCUT2D eigenvalue weighted by molar-refractivity contribution is 0.120. The van der Waals surface area contributed by atoms with Crippen molar-refractivity contribution in [3.8, 4) is 0 Å². The molecule has 1 aliphatic heterocycles. The Bertz CT molecular complexity index is 292. The van der Waals surface area contributed by atoms with Gasteiger partial charge in [-0.15, -0.1) is 11.3 Å². The third-order valence-corrected chi connectivity index (χ3v) is 3.30. The van der Waals surface area contributed by atoms with Gasteiger partial charge in [0.25, 0.3) is 0 Å². The van der Waals surface area contributed by atoms with E-state index in [1.807, 2.05) is 17.5 Å². The van der Waals surface area contributed by atoms with Crippen LogP contribution in [0.25, 0.3) is 0 Å². The summed E-state index contributed by atoms with van der Waals surface area (Å²) in [5, 5.41) is 5.97. The van der Waals surface area contributed by atoms with E-state index < -0.39 is 0 Å². The molecule has 1 aromatic heterocycles. The molecule has 0 aromatic carbocycles. The summed E-state index contributed by atoms with van der Waals surface area (Å²) in [7, 11) is 0. The van der Waals surface area contributed by atoms with Crippen LogP contribution in [0.5, 0.6) is 0 Å². The van der Waals surface area contributed by atoms with Crippen molar-refractivity contribution in [1.29, 1.82) is 0 Å². The topological polar surface area (TPSA) is 24.8 Å². The van der Waals surface area contributed by atoms with Gasteiger partial charge in [-0.1, -0.05) is 11.2 Å². The minimum Gasteiger partial charge on any atom is -0.394 e. The monoisotopic (exact) mass is 224 g/mol. The summed E-state index contributed by atoms with van der Waals surface area (Å²) in [6.07, 6.45) is 4.44. The van der Waals surface area contributed by atoms with Gasteiger partial charge in [-0.3, -0.25) is 4.90 Å². The normalized spacial score (nSPS) is 17.6. The van der Waals surface area contributed by atoms with Crippen LogP contribution in [0.1, 0.15) is 17.7 Å². The van der Waals surface area contributed by atoms with Crippen molar-refractivity contribution >= 4 is 17.6 Å². The van der Waals surface area contributed by atoms with E-state index in [4.69, 9.17) is 4.84 Å². The number of rotatable bonds is 5. The van der Waals surface area contributed by atoms with Crippen molar-refractivity contribution in [2.75, 3.05) is 26.2 Å². The second-order valence-electron chi connectivity index (χ2n) is 3.63. The van der Waals surface area contributed by atoms with Gasteiger partial charge < -0.3 is 4.84 Å². The molecule has 15 heavy (non-hydrogen) atoms. The SMILES string of the molecule is C(=N\OCCN1CCCC1)/c1cccs1. The first-order valence-electron chi connectivity index (χ1n) is 5.36. The Labute approximate surface area is 94.3 Å². The summed E-state index contributed by atoms with van der Waals surface area (Å²) in [5.74, 6) is 0. The third-order valence-electron chi connectivity index (χ3n) is 2.50. The van der Waals surface area contributed by atoms with Crippen molar-refractivity contribution in [1.82, 2.24) is 4.90 Å². The molecule has 0 atom stereocenters. The van der Waals surface area contributed by atoms with Crippen LogP contribution in [0.4, 0.5) is 0 Å². The zero-order valence-corrected chi connectivity index (χ0v) is 9.58. The fraction of sp³-hybridized carbons (Fsp3) is 0.545. The van der Waals surface area contributed by atoms with Crippen molar-refractivity contribution in [2.45, 2.75) is 12.8 Å². The molecule has 82 valence electrons. The lowest BCUT2D eigenvalue weighted by Crippen LogP contribution is -2.23. The Kier molecular flexibility index (Phi) is 4.17. The molecule has 2 heterocycles. The number of hydrogen-bond acceptors (Lipinski definition) is 4. The first-order valence-corrected chi connectivity index (χ1v) is 6.24. The second kappa shape index (κ2) is 5.88. The maximum Gasteiger partial charge on any atom is 0.129 e. The summed E-state index contributed by atoms with van der Waals surface area (Å²) in [4.78, 5) is 8.76. The molecule has 1 aliphatic rings. The zero-order valence-electron chi connectivity index (χ0n) is 8.76. The van der Waals surface area contributed by atoms with E-state index in [1.54, 1.807) is 17.6 Å². The van der Waals surface area contributed by atoms with Crippen LogP contribution < -0.4 is 0 Å². The Morgan fingerprint density at radius 3 is 3.07 bits per heavy atom. The highest BCUT2D eigenvalue weighted by atomic mass is 32.1. The third kappa shape index (κ3) is 3.64. The van der Waals surface area contributed by atoms with E-state index in [0.29, 0.717) is 6.61 Å². The molecule has 2 rings (SSSR count). The van der Waals surface area contributed by atoms with Crippen molar-refractivity contribution in [3.63, 3.8) is 0 Å². The van der Waals surface area contributed by atoms with Gasteiger partial charge in [-0.05, 0) is 37.4 Å². The van der Waals surface area contributed by atoms with Gasteiger partial charge in [-0.2, -0.15) is 0 Å².